The number of nitrogens with zero attached hydrogens (tertiary/aromatic N) is 4. The number of aromatic nitrogens is 3. The predicted octanol–water partition coefficient (Wildman–Crippen LogP) is 2.85. The maximum Gasteiger partial charge on any atom is 0.308 e. The van der Waals surface area contributed by atoms with Crippen molar-refractivity contribution in [1.29, 1.82) is 0 Å². The van der Waals surface area contributed by atoms with Crippen LogP contribution < -0.4 is 19.4 Å². The number of rotatable bonds is 5. The van der Waals surface area contributed by atoms with Crippen molar-refractivity contribution >= 4 is 29.3 Å². The van der Waals surface area contributed by atoms with E-state index < -0.39 is 18.0 Å². The molecule has 0 saturated heterocycles. The minimum Gasteiger partial charge on any atom is -0.854 e. The molecule has 2 heterocycles. The molecule has 0 spiro atoms. The monoisotopic (exact) mass is 450 g/mol. The summed E-state index contributed by atoms with van der Waals surface area (Å²) in [6.07, 6.45) is 0.0649. The van der Waals surface area contributed by atoms with E-state index in [1.807, 2.05) is 6.92 Å². The first-order chi connectivity index (χ1) is 15.4. The Bertz CT molecular complexity index is 1200. The van der Waals surface area contributed by atoms with Crippen LogP contribution in [0.25, 0.3) is 11.3 Å². The normalized spacial score (nSPS) is 14.5. The summed E-state index contributed by atoms with van der Waals surface area (Å²) < 4.78 is 6.97. The summed E-state index contributed by atoms with van der Waals surface area (Å²) in [5, 5.41) is 18.1. The molecule has 32 heavy (non-hydrogen) atoms. The van der Waals surface area contributed by atoms with Gasteiger partial charge in [0.2, 0.25) is 5.91 Å². The molecule has 1 aliphatic rings. The summed E-state index contributed by atoms with van der Waals surface area (Å²) in [6, 6.07) is 14.1. The Kier molecular flexibility index (Phi) is 6.09. The van der Waals surface area contributed by atoms with E-state index in [9.17, 15) is 14.7 Å². The summed E-state index contributed by atoms with van der Waals surface area (Å²) >= 11 is 1.38. The first-order valence-corrected chi connectivity index (χ1v) is 11.2. The van der Waals surface area contributed by atoms with E-state index >= 15 is 0 Å². The van der Waals surface area contributed by atoms with Gasteiger partial charge in [0.15, 0.2) is 0 Å². The Morgan fingerprint density at radius 2 is 1.88 bits per heavy atom. The lowest BCUT2D eigenvalue weighted by Crippen LogP contribution is -2.58. The van der Waals surface area contributed by atoms with Crippen LogP contribution >= 0.6 is 11.8 Å². The Labute approximate surface area is 189 Å². The highest BCUT2D eigenvalue weighted by molar-refractivity contribution is 7.99. The van der Waals surface area contributed by atoms with Gasteiger partial charge in [-0.05, 0) is 30.7 Å². The number of para-hydroxylation sites is 2. The van der Waals surface area contributed by atoms with Crippen molar-refractivity contribution in [2.24, 2.45) is 0 Å². The second-order valence-electron chi connectivity index (χ2n) is 7.25. The second kappa shape index (κ2) is 8.96. The number of amides is 1. The summed E-state index contributed by atoms with van der Waals surface area (Å²) in [7, 11) is 0. The number of hydrogen-bond donors (Lipinski definition) is 0. The van der Waals surface area contributed by atoms with Gasteiger partial charge >= 0.3 is 5.97 Å². The third kappa shape index (κ3) is 3.91. The minimum absolute atomic E-state index is 0.243. The average Bonchev–Trinajstić information content (AvgIpc) is 2.76. The highest BCUT2D eigenvalue weighted by atomic mass is 32.2. The van der Waals surface area contributed by atoms with Gasteiger partial charge in [0.25, 0.3) is 17.0 Å². The fourth-order valence-corrected chi connectivity index (χ4v) is 4.43. The molecular formula is C23H22N4O4S. The molecule has 1 atom stereocenters. The highest BCUT2D eigenvalue weighted by Gasteiger charge is 2.45. The van der Waals surface area contributed by atoms with E-state index in [0.29, 0.717) is 27.7 Å². The molecule has 0 N–H and O–H groups in total. The summed E-state index contributed by atoms with van der Waals surface area (Å²) in [4.78, 5) is 30.4. The molecule has 164 valence electrons. The van der Waals surface area contributed by atoms with Gasteiger partial charge in [-0.3, -0.25) is 9.59 Å². The van der Waals surface area contributed by atoms with Crippen molar-refractivity contribution in [3.8, 4) is 22.9 Å². The number of thioether (sulfide) groups is 1. The van der Waals surface area contributed by atoms with E-state index in [4.69, 9.17) is 4.74 Å². The molecule has 1 aromatic heterocycles. The first-order valence-electron chi connectivity index (χ1n) is 10.2. The van der Waals surface area contributed by atoms with Crippen LogP contribution in [0.5, 0.6) is 11.6 Å². The molecule has 9 heteroatoms. The van der Waals surface area contributed by atoms with E-state index in [-0.39, 0.29) is 11.6 Å². The highest BCUT2D eigenvalue weighted by Crippen LogP contribution is 2.42. The number of ether oxygens (including phenoxy) is 1. The topological polar surface area (TPSA) is 99.3 Å². The van der Waals surface area contributed by atoms with Crippen LogP contribution in [-0.4, -0.2) is 27.7 Å². The van der Waals surface area contributed by atoms with Crippen molar-refractivity contribution in [3.63, 3.8) is 0 Å². The van der Waals surface area contributed by atoms with Crippen molar-refractivity contribution < 1.29 is 24.1 Å². The van der Waals surface area contributed by atoms with Crippen molar-refractivity contribution in [2.75, 3.05) is 10.7 Å². The molecule has 1 amide bonds. The molecule has 0 bridgehead atoms. The van der Waals surface area contributed by atoms with Crippen LogP contribution in [0.1, 0.15) is 38.9 Å². The molecule has 1 aliphatic heterocycles. The SMILES string of the molecule is CCCSc1nc([O-])c2[n+](n1)C(c1ccccc1OC(C)=O)N(C(C)=O)c1ccccc1-2. The zero-order valence-electron chi connectivity index (χ0n) is 17.9. The van der Waals surface area contributed by atoms with Crippen molar-refractivity contribution in [1.82, 2.24) is 10.1 Å². The lowest BCUT2D eigenvalue weighted by Gasteiger charge is -2.33. The molecule has 1 unspecified atom stereocenters. The molecule has 0 fully saturated rings. The van der Waals surface area contributed by atoms with Gasteiger partial charge in [0.1, 0.15) is 5.75 Å². The summed E-state index contributed by atoms with van der Waals surface area (Å²) in [5.74, 6) is -0.112. The van der Waals surface area contributed by atoms with E-state index in [1.54, 1.807) is 53.4 Å². The fraction of sp³-hybridized carbons (Fsp3) is 0.261. The van der Waals surface area contributed by atoms with Gasteiger partial charge in [-0.1, -0.05) is 47.6 Å². The maximum absolute atomic E-state index is 13.2. The Hall–Kier alpha value is -3.46. The second-order valence-corrected chi connectivity index (χ2v) is 8.31. The fourth-order valence-electron chi connectivity index (χ4n) is 3.75. The summed E-state index contributed by atoms with van der Waals surface area (Å²) in [6.45, 7) is 4.80. The number of hydrogen-bond acceptors (Lipinski definition) is 7. The zero-order chi connectivity index (χ0) is 22.8. The van der Waals surface area contributed by atoms with Crippen LogP contribution in [0.4, 0.5) is 5.69 Å². The number of anilines is 1. The Balaban J connectivity index is 2.03. The van der Waals surface area contributed by atoms with Crippen LogP contribution in [0.2, 0.25) is 0 Å². The van der Waals surface area contributed by atoms with Gasteiger partial charge in [-0.25, -0.2) is 9.88 Å². The van der Waals surface area contributed by atoms with Gasteiger partial charge in [-0.2, -0.15) is 0 Å². The number of carbonyl (C=O) groups excluding carboxylic acids is 2. The van der Waals surface area contributed by atoms with E-state index in [0.717, 1.165) is 12.2 Å². The first kappa shape index (κ1) is 21.8. The van der Waals surface area contributed by atoms with Crippen molar-refractivity contribution in [3.05, 3.63) is 54.1 Å². The van der Waals surface area contributed by atoms with Gasteiger partial charge < -0.3 is 9.84 Å². The Morgan fingerprint density at radius 1 is 1.16 bits per heavy atom. The minimum atomic E-state index is -0.829. The number of esters is 1. The molecule has 3 aromatic rings. The smallest absolute Gasteiger partial charge is 0.308 e. The molecule has 0 aliphatic carbocycles. The Morgan fingerprint density at radius 3 is 2.59 bits per heavy atom. The quantitative estimate of drug-likeness (QED) is 0.255. The van der Waals surface area contributed by atoms with Crippen molar-refractivity contribution in [2.45, 2.75) is 38.5 Å². The third-order valence-electron chi connectivity index (χ3n) is 4.94. The zero-order valence-corrected chi connectivity index (χ0v) is 18.8. The van der Waals surface area contributed by atoms with E-state index in [2.05, 4.69) is 10.1 Å². The third-order valence-corrected chi connectivity index (χ3v) is 5.99. The molecule has 8 nitrogen and oxygen atoms in total. The number of carbonyl (C=O) groups is 2. The largest absolute Gasteiger partial charge is 0.854 e. The van der Waals surface area contributed by atoms with Gasteiger partial charge in [0.05, 0.1) is 22.7 Å². The average molecular weight is 451 g/mol. The van der Waals surface area contributed by atoms with Crippen LogP contribution in [0, 0.1) is 0 Å². The maximum atomic E-state index is 13.2. The van der Waals surface area contributed by atoms with Gasteiger partial charge in [0, 0.05) is 24.7 Å². The molecule has 2 aromatic carbocycles. The number of fused-ring (bicyclic) bond motifs is 3. The molecule has 0 radical (unpaired) electrons. The predicted molar refractivity (Wildman–Crippen MR) is 117 cm³/mol. The standard InChI is InChI=1S/C23H22N4O4S/c1-4-13-32-23-24-21(30)20-16-9-5-7-11-18(16)26(14(2)28)22(27(20)25-23)17-10-6-8-12-19(17)31-15(3)29/h5-12,22H,4,13H2,1-3H3. The lowest BCUT2D eigenvalue weighted by molar-refractivity contribution is -0.764. The molecule has 4 rings (SSSR count). The lowest BCUT2D eigenvalue weighted by atomic mass is 10.0. The van der Waals surface area contributed by atoms with Crippen LogP contribution in [0.15, 0.2) is 53.7 Å². The summed E-state index contributed by atoms with van der Waals surface area (Å²) in [5.41, 5.74) is 1.95. The number of benzene rings is 2. The van der Waals surface area contributed by atoms with Crippen LogP contribution in [-0.2, 0) is 9.59 Å². The van der Waals surface area contributed by atoms with Gasteiger partial charge in [-0.15, -0.1) is 0 Å². The van der Waals surface area contributed by atoms with E-state index in [1.165, 1.54) is 30.3 Å². The van der Waals surface area contributed by atoms with Crippen LogP contribution in [0.3, 0.4) is 0 Å². The molecular weight excluding hydrogens is 428 g/mol. The molecule has 0 saturated carbocycles.